The van der Waals surface area contributed by atoms with E-state index in [1.807, 2.05) is 6.92 Å². The Morgan fingerprint density at radius 1 is 0.771 bits per heavy atom. The van der Waals surface area contributed by atoms with E-state index in [9.17, 15) is 14.4 Å². The van der Waals surface area contributed by atoms with Crippen LogP contribution in [0.4, 0.5) is 11.4 Å². The first kappa shape index (κ1) is 25.1. The summed E-state index contributed by atoms with van der Waals surface area (Å²) in [5, 5.41) is 7.97. The molecule has 0 saturated heterocycles. The summed E-state index contributed by atoms with van der Waals surface area (Å²) >= 11 is 0. The molecule has 0 spiro atoms. The van der Waals surface area contributed by atoms with Crippen molar-refractivity contribution in [2.45, 2.75) is 6.92 Å². The zero-order valence-corrected chi connectivity index (χ0v) is 19.5. The molecule has 0 aliphatic heterocycles. The van der Waals surface area contributed by atoms with Gasteiger partial charge in [-0.3, -0.25) is 14.4 Å². The van der Waals surface area contributed by atoms with E-state index >= 15 is 0 Å². The van der Waals surface area contributed by atoms with E-state index in [0.29, 0.717) is 40.8 Å². The van der Waals surface area contributed by atoms with Crippen LogP contribution in [0.15, 0.2) is 72.8 Å². The van der Waals surface area contributed by atoms with Gasteiger partial charge in [-0.05, 0) is 61.5 Å². The average Bonchev–Trinajstić information content (AvgIpc) is 2.87. The molecule has 0 atom stereocenters. The van der Waals surface area contributed by atoms with Crippen molar-refractivity contribution in [1.29, 1.82) is 0 Å². The number of benzene rings is 3. The lowest BCUT2D eigenvalue weighted by atomic mass is 10.2. The van der Waals surface area contributed by atoms with Crippen molar-refractivity contribution in [1.82, 2.24) is 5.32 Å². The Labute approximate surface area is 203 Å². The molecule has 3 rings (SSSR count). The van der Waals surface area contributed by atoms with Crippen LogP contribution in [0.1, 0.15) is 17.3 Å². The molecular weight excluding hydrogens is 450 g/mol. The quantitative estimate of drug-likeness (QED) is 0.390. The van der Waals surface area contributed by atoms with Gasteiger partial charge in [0.25, 0.3) is 11.8 Å². The van der Waals surface area contributed by atoms with Gasteiger partial charge in [-0.2, -0.15) is 0 Å². The van der Waals surface area contributed by atoms with Crippen LogP contribution in [-0.2, 0) is 9.59 Å². The number of nitrogens with one attached hydrogen (secondary N) is 3. The monoisotopic (exact) mass is 477 g/mol. The maximum absolute atomic E-state index is 12.3. The molecule has 0 saturated carbocycles. The molecule has 0 heterocycles. The van der Waals surface area contributed by atoms with Crippen LogP contribution >= 0.6 is 0 Å². The molecule has 9 nitrogen and oxygen atoms in total. The molecule has 3 aromatic rings. The Kier molecular flexibility index (Phi) is 9.07. The molecule has 0 bridgehead atoms. The molecular formula is C26H27N3O6. The highest BCUT2D eigenvalue weighted by atomic mass is 16.5. The number of hydrogen-bond donors (Lipinski definition) is 3. The lowest BCUT2D eigenvalue weighted by Gasteiger charge is -2.11. The molecule has 0 unspecified atom stereocenters. The van der Waals surface area contributed by atoms with E-state index in [0.717, 1.165) is 0 Å². The third-order valence-electron chi connectivity index (χ3n) is 4.69. The Morgan fingerprint density at radius 3 is 2.09 bits per heavy atom. The van der Waals surface area contributed by atoms with Crippen LogP contribution < -0.4 is 30.2 Å². The second-order valence-electron chi connectivity index (χ2n) is 7.26. The van der Waals surface area contributed by atoms with Crippen molar-refractivity contribution in [3.8, 4) is 17.2 Å². The number of hydrogen-bond acceptors (Lipinski definition) is 6. The Balaban J connectivity index is 1.47. The highest BCUT2D eigenvalue weighted by molar-refractivity contribution is 6.00. The number of methoxy groups -OCH3 is 1. The summed E-state index contributed by atoms with van der Waals surface area (Å²) in [6, 6.07) is 20.3. The maximum atomic E-state index is 12.3. The summed E-state index contributed by atoms with van der Waals surface area (Å²) in [4.78, 5) is 36.8. The first-order valence-corrected chi connectivity index (χ1v) is 10.9. The van der Waals surface area contributed by atoms with E-state index in [4.69, 9.17) is 14.2 Å². The smallest absolute Gasteiger partial charge is 0.262 e. The molecule has 182 valence electrons. The molecule has 0 aromatic heterocycles. The molecule has 3 aromatic carbocycles. The van der Waals surface area contributed by atoms with Crippen LogP contribution in [0.2, 0.25) is 0 Å². The third-order valence-corrected chi connectivity index (χ3v) is 4.69. The van der Waals surface area contributed by atoms with Gasteiger partial charge in [0.05, 0.1) is 20.3 Å². The van der Waals surface area contributed by atoms with Crippen LogP contribution in [0.5, 0.6) is 17.2 Å². The lowest BCUT2D eigenvalue weighted by molar-refractivity contribution is -0.118. The zero-order valence-electron chi connectivity index (χ0n) is 19.5. The largest absolute Gasteiger partial charge is 0.494 e. The Morgan fingerprint density at radius 2 is 1.43 bits per heavy atom. The van der Waals surface area contributed by atoms with Gasteiger partial charge < -0.3 is 30.2 Å². The summed E-state index contributed by atoms with van der Waals surface area (Å²) in [6.45, 7) is 1.98. The van der Waals surface area contributed by atoms with Gasteiger partial charge in [0.15, 0.2) is 18.1 Å². The van der Waals surface area contributed by atoms with Crippen LogP contribution in [0, 0.1) is 0 Å². The molecule has 9 heteroatoms. The number of para-hydroxylation sites is 2. The average molecular weight is 478 g/mol. The minimum Gasteiger partial charge on any atom is -0.494 e. The topological polar surface area (TPSA) is 115 Å². The summed E-state index contributed by atoms with van der Waals surface area (Å²) in [5.74, 6) is 0.492. The fourth-order valence-electron chi connectivity index (χ4n) is 3.09. The fourth-order valence-corrected chi connectivity index (χ4v) is 3.09. The number of carbonyl (C=O) groups is 3. The van der Waals surface area contributed by atoms with Crippen molar-refractivity contribution in [2.24, 2.45) is 0 Å². The van der Waals surface area contributed by atoms with E-state index in [2.05, 4.69) is 16.0 Å². The molecule has 3 amide bonds. The second-order valence-corrected chi connectivity index (χ2v) is 7.26. The summed E-state index contributed by atoms with van der Waals surface area (Å²) < 4.78 is 16.1. The molecule has 3 N–H and O–H groups in total. The Hall–Kier alpha value is -4.53. The summed E-state index contributed by atoms with van der Waals surface area (Å²) in [6.07, 6.45) is 0. The normalized spacial score (nSPS) is 10.1. The number of carbonyl (C=O) groups excluding carboxylic acids is 3. The molecule has 0 aliphatic rings. The molecule has 35 heavy (non-hydrogen) atoms. The highest BCUT2D eigenvalue weighted by Gasteiger charge is 2.10. The molecule has 0 fully saturated rings. The minimum atomic E-state index is -0.410. The van der Waals surface area contributed by atoms with Crippen LogP contribution in [0.25, 0.3) is 0 Å². The second kappa shape index (κ2) is 12.6. The first-order chi connectivity index (χ1) is 17.0. The van der Waals surface area contributed by atoms with E-state index in [1.54, 1.807) is 72.8 Å². The van der Waals surface area contributed by atoms with Crippen molar-refractivity contribution < 1.29 is 28.6 Å². The third kappa shape index (κ3) is 7.78. The number of rotatable bonds is 11. The van der Waals surface area contributed by atoms with E-state index in [-0.39, 0.29) is 25.0 Å². The first-order valence-electron chi connectivity index (χ1n) is 10.9. The minimum absolute atomic E-state index is 0.213. The summed E-state index contributed by atoms with van der Waals surface area (Å²) in [5.41, 5.74) is 1.37. The van der Waals surface area contributed by atoms with Crippen LogP contribution in [0.3, 0.4) is 0 Å². The fraction of sp³-hybridized carbons (Fsp3) is 0.192. The predicted molar refractivity (Wildman–Crippen MR) is 132 cm³/mol. The zero-order chi connectivity index (χ0) is 25.0. The van der Waals surface area contributed by atoms with E-state index in [1.165, 1.54) is 7.11 Å². The van der Waals surface area contributed by atoms with Gasteiger partial charge in [-0.25, -0.2) is 0 Å². The standard InChI is InChI=1S/C26H27N3O6/c1-3-34-21-13-11-18(12-14-21)26(32)27-16-24(30)28-19-7-6-8-20(15-19)29-25(31)17-35-23-10-5-4-9-22(23)33-2/h4-15H,3,16-17H2,1-2H3,(H,27,32)(H,28,30)(H,29,31). The van der Waals surface area contributed by atoms with Gasteiger partial charge >= 0.3 is 0 Å². The van der Waals surface area contributed by atoms with E-state index < -0.39 is 5.91 Å². The van der Waals surface area contributed by atoms with Crippen molar-refractivity contribution in [3.63, 3.8) is 0 Å². The highest BCUT2D eigenvalue weighted by Crippen LogP contribution is 2.25. The van der Waals surface area contributed by atoms with Gasteiger partial charge in [-0.1, -0.05) is 18.2 Å². The summed E-state index contributed by atoms with van der Waals surface area (Å²) in [7, 11) is 1.52. The van der Waals surface area contributed by atoms with Gasteiger partial charge in [0, 0.05) is 16.9 Å². The number of anilines is 2. The maximum Gasteiger partial charge on any atom is 0.262 e. The lowest BCUT2D eigenvalue weighted by Crippen LogP contribution is -2.32. The van der Waals surface area contributed by atoms with Crippen molar-refractivity contribution in [2.75, 3.05) is 37.5 Å². The predicted octanol–water partition coefficient (Wildman–Crippen LogP) is 3.48. The molecule has 0 radical (unpaired) electrons. The van der Waals surface area contributed by atoms with Gasteiger partial charge in [-0.15, -0.1) is 0 Å². The van der Waals surface area contributed by atoms with Crippen molar-refractivity contribution >= 4 is 29.1 Å². The van der Waals surface area contributed by atoms with Gasteiger partial charge in [0.2, 0.25) is 5.91 Å². The Bertz CT molecular complexity index is 1160. The molecule has 0 aliphatic carbocycles. The van der Waals surface area contributed by atoms with Gasteiger partial charge in [0.1, 0.15) is 5.75 Å². The number of amides is 3. The van der Waals surface area contributed by atoms with Crippen LogP contribution in [-0.4, -0.2) is 44.6 Å². The van der Waals surface area contributed by atoms with Crippen molar-refractivity contribution in [3.05, 3.63) is 78.4 Å². The number of ether oxygens (including phenoxy) is 3. The SMILES string of the molecule is CCOc1ccc(C(=O)NCC(=O)Nc2cccc(NC(=O)COc3ccccc3OC)c2)cc1.